The number of carbonyl (C=O) groups is 1. The topological polar surface area (TPSA) is 55.3 Å². The van der Waals surface area contributed by atoms with Crippen LogP contribution in [-0.2, 0) is 11.3 Å². The Morgan fingerprint density at radius 3 is 2.54 bits per heavy atom. The van der Waals surface area contributed by atoms with E-state index >= 15 is 0 Å². The van der Waals surface area contributed by atoms with Crippen molar-refractivity contribution in [1.29, 1.82) is 0 Å². The van der Waals surface area contributed by atoms with Gasteiger partial charge in [-0.05, 0) is 45.4 Å². The van der Waals surface area contributed by atoms with Gasteiger partial charge in [0, 0.05) is 11.8 Å². The monoisotopic (exact) mass is 335 g/mol. The van der Waals surface area contributed by atoms with E-state index in [1.165, 1.54) is 24.4 Å². The van der Waals surface area contributed by atoms with Crippen molar-refractivity contribution in [2.24, 2.45) is 0 Å². The molecule has 0 N–H and O–H groups in total. The molecule has 0 atom stereocenters. The minimum Gasteiger partial charge on any atom is -0.443 e. The Labute approximate surface area is 139 Å². The van der Waals surface area contributed by atoms with E-state index in [2.05, 4.69) is 9.97 Å². The number of aryl methyl sites for hydroxylation is 1. The third-order valence-corrected chi connectivity index (χ3v) is 3.01. The Balaban J connectivity index is 2.36. The first-order chi connectivity index (χ1) is 11.2. The molecule has 1 amide bonds. The van der Waals surface area contributed by atoms with Crippen LogP contribution in [0.25, 0.3) is 0 Å². The van der Waals surface area contributed by atoms with Crippen molar-refractivity contribution in [3.63, 3.8) is 0 Å². The molecule has 2 heterocycles. The van der Waals surface area contributed by atoms with Gasteiger partial charge < -0.3 is 4.74 Å². The number of carbonyl (C=O) groups excluding carboxylic acids is 1. The first kappa shape index (κ1) is 17.8. The maximum atomic E-state index is 13.8. The van der Waals surface area contributed by atoms with Gasteiger partial charge in [0.1, 0.15) is 17.2 Å². The van der Waals surface area contributed by atoms with Gasteiger partial charge in [0.15, 0.2) is 0 Å². The van der Waals surface area contributed by atoms with E-state index in [0.29, 0.717) is 11.1 Å². The van der Waals surface area contributed by atoms with E-state index < -0.39 is 23.5 Å². The van der Waals surface area contributed by atoms with Gasteiger partial charge in [-0.15, -0.1) is 0 Å². The van der Waals surface area contributed by atoms with Gasteiger partial charge in [0.2, 0.25) is 5.95 Å². The number of aromatic nitrogens is 2. The van der Waals surface area contributed by atoms with Crippen LogP contribution in [0.5, 0.6) is 0 Å². The van der Waals surface area contributed by atoms with Crippen LogP contribution >= 0.6 is 0 Å². The molecule has 5 nitrogen and oxygen atoms in total. The van der Waals surface area contributed by atoms with E-state index in [1.54, 1.807) is 27.7 Å². The second-order valence-electron chi connectivity index (χ2n) is 6.36. The van der Waals surface area contributed by atoms with Gasteiger partial charge >= 0.3 is 6.09 Å². The zero-order chi connectivity index (χ0) is 17.9. The minimum absolute atomic E-state index is 0.0465. The van der Waals surface area contributed by atoms with E-state index in [4.69, 9.17) is 4.74 Å². The summed E-state index contributed by atoms with van der Waals surface area (Å²) >= 11 is 0. The van der Waals surface area contributed by atoms with Crippen LogP contribution in [0.2, 0.25) is 0 Å². The summed E-state index contributed by atoms with van der Waals surface area (Å²) in [5.41, 5.74) is 0.0534. The van der Waals surface area contributed by atoms with Crippen molar-refractivity contribution < 1.29 is 18.3 Å². The molecule has 2 aromatic rings. The number of halogens is 2. The molecule has 0 spiro atoms. The lowest BCUT2D eigenvalue weighted by atomic mass is 10.2. The Morgan fingerprint density at radius 1 is 1.25 bits per heavy atom. The van der Waals surface area contributed by atoms with Crippen LogP contribution < -0.4 is 4.90 Å². The predicted octanol–water partition coefficient (Wildman–Crippen LogP) is 4.00. The largest absolute Gasteiger partial charge is 0.443 e. The van der Waals surface area contributed by atoms with Gasteiger partial charge in [-0.25, -0.2) is 14.2 Å². The highest BCUT2D eigenvalue weighted by atomic mass is 19.1. The van der Waals surface area contributed by atoms with E-state index in [1.807, 2.05) is 0 Å². The van der Waals surface area contributed by atoms with Crippen molar-refractivity contribution in [2.45, 2.75) is 39.8 Å². The fourth-order valence-corrected chi connectivity index (χ4v) is 1.93. The number of hydrogen-bond acceptors (Lipinski definition) is 4. The predicted molar refractivity (Wildman–Crippen MR) is 85.5 cm³/mol. The Morgan fingerprint density at radius 2 is 1.96 bits per heavy atom. The van der Waals surface area contributed by atoms with Crippen molar-refractivity contribution in [3.8, 4) is 0 Å². The smallest absolute Gasteiger partial charge is 0.416 e. The molecule has 0 saturated carbocycles. The van der Waals surface area contributed by atoms with Crippen LogP contribution in [0.15, 0.2) is 30.6 Å². The molecule has 0 unspecified atom stereocenters. The van der Waals surface area contributed by atoms with Crippen LogP contribution in [0.3, 0.4) is 0 Å². The first-order valence-corrected chi connectivity index (χ1v) is 7.39. The van der Waals surface area contributed by atoms with Crippen molar-refractivity contribution in [1.82, 2.24) is 9.97 Å². The third-order valence-electron chi connectivity index (χ3n) is 3.01. The molecule has 0 fully saturated rings. The maximum absolute atomic E-state index is 13.8. The van der Waals surface area contributed by atoms with E-state index in [0.717, 1.165) is 11.1 Å². The Bertz CT molecular complexity index is 745. The summed E-state index contributed by atoms with van der Waals surface area (Å²) in [6.07, 6.45) is 1.78. The number of rotatable bonds is 3. The van der Waals surface area contributed by atoms with Crippen molar-refractivity contribution in [2.75, 3.05) is 4.90 Å². The lowest BCUT2D eigenvalue weighted by molar-refractivity contribution is 0.0576. The average Bonchev–Trinajstić information content (AvgIpc) is 2.46. The summed E-state index contributed by atoms with van der Waals surface area (Å²) in [6.45, 7) is 6.68. The SMILES string of the molecule is Cc1ccc(N(Cc2cncc(F)c2)C(=O)OC(C)(C)C)nc1F. The summed E-state index contributed by atoms with van der Waals surface area (Å²) < 4.78 is 32.5. The van der Waals surface area contributed by atoms with Gasteiger partial charge in [0.05, 0.1) is 12.7 Å². The van der Waals surface area contributed by atoms with Crippen LogP contribution in [0, 0.1) is 18.7 Å². The lowest BCUT2D eigenvalue weighted by Crippen LogP contribution is -2.37. The molecular weight excluding hydrogens is 316 g/mol. The molecule has 2 rings (SSSR count). The minimum atomic E-state index is -0.737. The Kier molecular flexibility index (Phi) is 5.11. The molecule has 0 aliphatic rings. The summed E-state index contributed by atoms with van der Waals surface area (Å²) in [7, 11) is 0. The number of anilines is 1. The standard InChI is InChI=1S/C17H19F2N3O2/c1-11-5-6-14(21-15(11)19)22(16(23)24-17(2,3)4)10-12-7-13(18)9-20-8-12/h5-9H,10H2,1-4H3. The Hall–Kier alpha value is -2.57. The van der Waals surface area contributed by atoms with Crippen LogP contribution in [0.4, 0.5) is 19.4 Å². The highest BCUT2D eigenvalue weighted by Gasteiger charge is 2.25. The average molecular weight is 335 g/mol. The summed E-state index contributed by atoms with van der Waals surface area (Å²) in [5, 5.41) is 0. The normalized spacial score (nSPS) is 11.2. The van der Waals surface area contributed by atoms with Gasteiger partial charge in [-0.2, -0.15) is 4.39 Å². The number of hydrogen-bond donors (Lipinski definition) is 0. The fourth-order valence-electron chi connectivity index (χ4n) is 1.93. The molecule has 2 aromatic heterocycles. The zero-order valence-electron chi connectivity index (χ0n) is 14.0. The van der Waals surface area contributed by atoms with Crippen molar-refractivity contribution >= 4 is 11.9 Å². The molecule has 0 aromatic carbocycles. The number of amides is 1. The number of pyridine rings is 2. The van der Waals surface area contributed by atoms with E-state index in [9.17, 15) is 13.6 Å². The first-order valence-electron chi connectivity index (χ1n) is 7.39. The summed E-state index contributed by atoms with van der Waals surface area (Å²) in [4.78, 5) is 21.2. The molecule has 0 radical (unpaired) electrons. The second kappa shape index (κ2) is 6.90. The second-order valence-corrected chi connectivity index (χ2v) is 6.36. The van der Waals surface area contributed by atoms with Crippen LogP contribution in [0.1, 0.15) is 31.9 Å². The third kappa shape index (κ3) is 4.71. The lowest BCUT2D eigenvalue weighted by Gasteiger charge is -2.27. The molecule has 0 bridgehead atoms. The quantitative estimate of drug-likeness (QED) is 0.796. The van der Waals surface area contributed by atoms with Gasteiger partial charge in [-0.1, -0.05) is 6.07 Å². The fraction of sp³-hybridized carbons (Fsp3) is 0.353. The van der Waals surface area contributed by atoms with Crippen LogP contribution in [-0.4, -0.2) is 21.7 Å². The summed E-state index contributed by atoms with van der Waals surface area (Å²) in [5.74, 6) is -1.13. The number of nitrogens with zero attached hydrogens (tertiary/aromatic N) is 3. The molecule has 7 heteroatoms. The van der Waals surface area contributed by atoms with Gasteiger partial charge in [-0.3, -0.25) is 9.88 Å². The summed E-state index contributed by atoms with van der Waals surface area (Å²) in [6, 6.07) is 4.27. The molecule has 0 saturated heterocycles. The molecule has 128 valence electrons. The zero-order valence-corrected chi connectivity index (χ0v) is 14.0. The molecule has 0 aliphatic carbocycles. The molecule has 0 aliphatic heterocycles. The molecular formula is C17H19F2N3O2. The maximum Gasteiger partial charge on any atom is 0.416 e. The van der Waals surface area contributed by atoms with Gasteiger partial charge in [0.25, 0.3) is 0 Å². The highest BCUT2D eigenvalue weighted by Crippen LogP contribution is 2.20. The van der Waals surface area contributed by atoms with Crippen molar-refractivity contribution in [3.05, 3.63) is 53.5 Å². The highest BCUT2D eigenvalue weighted by molar-refractivity contribution is 5.86. The number of ether oxygens (including phenoxy) is 1. The molecule has 24 heavy (non-hydrogen) atoms. The van der Waals surface area contributed by atoms with E-state index in [-0.39, 0.29) is 12.4 Å².